The Hall–Kier alpha value is -2.36. The van der Waals surface area contributed by atoms with E-state index >= 15 is 0 Å². The molecule has 0 spiro atoms. The monoisotopic (exact) mass is 383 g/mol. The lowest BCUT2D eigenvalue weighted by Gasteiger charge is -2.37. The van der Waals surface area contributed by atoms with Crippen LogP contribution < -0.4 is 5.46 Å². The summed E-state index contributed by atoms with van der Waals surface area (Å²) in [7, 11) is 1.77. The highest BCUT2D eigenvalue weighted by Crippen LogP contribution is 2.51. The van der Waals surface area contributed by atoms with Crippen molar-refractivity contribution >= 4 is 12.9 Å². The normalized spacial score (nSPS) is 18.3. The van der Waals surface area contributed by atoms with E-state index in [1.807, 2.05) is 13.8 Å². The Morgan fingerprint density at radius 2 is 1.41 bits per heavy atom. The number of rotatable bonds is 5. The fourth-order valence-electron chi connectivity index (χ4n) is 4.02. The first-order chi connectivity index (χ1) is 13.6. The van der Waals surface area contributed by atoms with E-state index in [-0.39, 0.29) is 5.41 Å². The first kappa shape index (κ1) is 19.9. The molecule has 4 rings (SSSR count). The summed E-state index contributed by atoms with van der Waals surface area (Å²) in [5, 5.41) is 10.4. The van der Waals surface area contributed by atoms with Crippen LogP contribution in [0.15, 0.2) is 72.8 Å². The van der Waals surface area contributed by atoms with E-state index in [1.165, 1.54) is 27.8 Å². The van der Waals surface area contributed by atoms with E-state index in [4.69, 9.17) is 4.65 Å². The van der Waals surface area contributed by atoms with Crippen molar-refractivity contribution in [3.63, 3.8) is 0 Å². The first-order valence-electron chi connectivity index (χ1n) is 10.2. The van der Waals surface area contributed by atoms with Crippen molar-refractivity contribution in [2.75, 3.05) is 0 Å². The van der Waals surface area contributed by atoms with Crippen molar-refractivity contribution in [1.82, 2.24) is 0 Å². The number of hydrogen-bond donors (Lipinski definition) is 1. The molecule has 2 nitrogen and oxygen atoms in total. The van der Waals surface area contributed by atoms with Gasteiger partial charge in [-0.05, 0) is 62.4 Å². The maximum Gasteiger partial charge on any atom is 0.330 e. The lowest BCUT2D eigenvalue weighted by molar-refractivity contribution is -0.0893. The second-order valence-electron chi connectivity index (χ2n) is 9.15. The van der Waals surface area contributed by atoms with Crippen LogP contribution in [0.4, 0.5) is 0 Å². The van der Waals surface area contributed by atoms with Crippen molar-refractivity contribution in [1.29, 1.82) is 0 Å². The molecule has 3 heteroatoms. The Morgan fingerprint density at radius 1 is 0.793 bits per heavy atom. The Kier molecular flexibility index (Phi) is 4.72. The predicted octanol–water partition coefficient (Wildman–Crippen LogP) is 4.83. The minimum Gasteiger partial charge on any atom is -0.427 e. The third-order valence-corrected chi connectivity index (χ3v) is 6.65. The summed E-state index contributed by atoms with van der Waals surface area (Å²) in [6.45, 7) is 9.65. The molecule has 0 fully saturated rings. The first-order valence-corrected chi connectivity index (χ1v) is 10.2. The summed E-state index contributed by atoms with van der Waals surface area (Å²) in [5.41, 5.74) is 5.58. The van der Waals surface area contributed by atoms with Crippen LogP contribution in [0.3, 0.4) is 0 Å². The summed E-state index contributed by atoms with van der Waals surface area (Å²) < 4.78 is 6.02. The van der Waals surface area contributed by atoms with Gasteiger partial charge in [0.1, 0.15) is 0 Å². The molecule has 1 aliphatic rings. The van der Waals surface area contributed by atoms with Gasteiger partial charge in [0.2, 0.25) is 0 Å². The van der Waals surface area contributed by atoms with Gasteiger partial charge in [-0.2, -0.15) is 0 Å². The van der Waals surface area contributed by atoms with Crippen LogP contribution in [0.1, 0.15) is 51.3 Å². The molecule has 1 aliphatic carbocycles. The van der Waals surface area contributed by atoms with Crippen molar-refractivity contribution in [2.45, 2.75) is 51.2 Å². The van der Waals surface area contributed by atoms with E-state index in [1.54, 1.807) is 21.3 Å². The minimum atomic E-state index is -0.949. The van der Waals surface area contributed by atoms with Crippen LogP contribution in [0.2, 0.25) is 0 Å². The van der Waals surface area contributed by atoms with Gasteiger partial charge in [-0.3, -0.25) is 0 Å². The second kappa shape index (κ2) is 6.86. The average molecular weight is 383 g/mol. The smallest absolute Gasteiger partial charge is 0.330 e. The highest BCUT2D eigenvalue weighted by molar-refractivity contribution is 6.47. The molecular weight excluding hydrogens is 355 g/mol. The molecule has 1 radical (unpaired) electrons. The maximum atomic E-state index is 10.4. The largest absolute Gasteiger partial charge is 0.427 e. The van der Waals surface area contributed by atoms with Gasteiger partial charge in [-0.15, -0.1) is 0 Å². The molecule has 29 heavy (non-hydrogen) atoms. The Bertz CT molecular complexity index is 1030. The number of hydrogen-bond acceptors (Lipinski definition) is 2. The Balaban J connectivity index is 1.78. The van der Waals surface area contributed by atoms with Gasteiger partial charge >= 0.3 is 7.48 Å². The highest BCUT2D eigenvalue weighted by atomic mass is 16.5. The number of benzene rings is 3. The van der Waals surface area contributed by atoms with Gasteiger partial charge in [0, 0.05) is 5.41 Å². The zero-order chi connectivity index (χ0) is 20.9. The molecule has 1 unspecified atom stereocenters. The van der Waals surface area contributed by atoms with E-state index in [0.29, 0.717) is 0 Å². The molecule has 147 valence electrons. The van der Waals surface area contributed by atoms with Gasteiger partial charge in [0.25, 0.3) is 0 Å². The number of aliphatic hydroxyl groups is 1. The molecule has 0 aromatic heterocycles. The van der Waals surface area contributed by atoms with E-state index < -0.39 is 11.2 Å². The quantitative estimate of drug-likeness (QED) is 0.640. The summed E-state index contributed by atoms with van der Waals surface area (Å²) >= 11 is 0. The SMILES string of the molecule is CC1(c2ccccc2)c2ccccc2-c2ccc([B]OC(C)(C)C(C)(C)O)cc21. The van der Waals surface area contributed by atoms with Crippen molar-refractivity contribution in [3.05, 3.63) is 89.5 Å². The summed E-state index contributed by atoms with van der Waals surface area (Å²) in [5.74, 6) is 0. The van der Waals surface area contributed by atoms with Gasteiger partial charge in [0.05, 0.1) is 11.2 Å². The third kappa shape index (κ3) is 3.23. The molecule has 3 aromatic rings. The van der Waals surface area contributed by atoms with Crippen LogP contribution in [-0.4, -0.2) is 23.8 Å². The lowest BCUT2D eigenvalue weighted by Crippen LogP contribution is -2.49. The van der Waals surface area contributed by atoms with Crippen LogP contribution in [0.25, 0.3) is 11.1 Å². The van der Waals surface area contributed by atoms with Crippen LogP contribution >= 0.6 is 0 Å². The predicted molar refractivity (Wildman–Crippen MR) is 121 cm³/mol. The molecule has 0 saturated heterocycles. The number of fused-ring (bicyclic) bond motifs is 3. The Labute approximate surface area is 174 Å². The van der Waals surface area contributed by atoms with Crippen molar-refractivity contribution in [3.8, 4) is 11.1 Å². The summed E-state index contributed by atoms with van der Waals surface area (Å²) in [4.78, 5) is 0. The van der Waals surface area contributed by atoms with E-state index in [2.05, 4.69) is 79.7 Å². The fourth-order valence-corrected chi connectivity index (χ4v) is 4.02. The molecule has 1 atom stereocenters. The molecule has 0 aliphatic heterocycles. The molecule has 0 heterocycles. The van der Waals surface area contributed by atoms with E-state index in [9.17, 15) is 5.11 Å². The fraction of sp³-hybridized carbons (Fsp3) is 0.308. The average Bonchev–Trinajstić information content (AvgIpc) is 2.96. The molecule has 0 amide bonds. The topological polar surface area (TPSA) is 29.5 Å². The van der Waals surface area contributed by atoms with Crippen LogP contribution in [0, 0.1) is 0 Å². The summed E-state index contributed by atoms with van der Waals surface area (Å²) in [6.07, 6.45) is 0. The highest BCUT2D eigenvalue weighted by Gasteiger charge is 2.41. The van der Waals surface area contributed by atoms with Gasteiger partial charge in [0.15, 0.2) is 0 Å². The summed E-state index contributed by atoms with van der Waals surface area (Å²) in [6, 6.07) is 25.8. The molecule has 3 aromatic carbocycles. The van der Waals surface area contributed by atoms with Crippen LogP contribution in [0.5, 0.6) is 0 Å². The maximum absolute atomic E-state index is 10.4. The van der Waals surface area contributed by atoms with E-state index in [0.717, 1.165) is 5.46 Å². The standard InChI is InChI=1S/C26H28BO2/c1-24(2,28)25(3,4)29-27-19-15-16-21-20-13-9-10-14-22(20)26(5,23(21)17-19)18-11-7-6-8-12-18/h6-17,28H,1-5H3. The van der Waals surface area contributed by atoms with Gasteiger partial charge in [-0.25, -0.2) is 0 Å². The minimum absolute atomic E-state index is 0.219. The van der Waals surface area contributed by atoms with Gasteiger partial charge in [-0.1, -0.05) is 78.3 Å². The molecular formula is C26H28BO2. The second-order valence-corrected chi connectivity index (χ2v) is 9.15. The third-order valence-electron chi connectivity index (χ3n) is 6.65. The zero-order valence-electron chi connectivity index (χ0n) is 17.9. The van der Waals surface area contributed by atoms with Gasteiger partial charge < -0.3 is 9.76 Å². The molecule has 1 N–H and O–H groups in total. The zero-order valence-corrected chi connectivity index (χ0v) is 17.9. The van der Waals surface area contributed by atoms with Crippen molar-refractivity contribution in [2.24, 2.45) is 0 Å². The van der Waals surface area contributed by atoms with Crippen molar-refractivity contribution < 1.29 is 9.76 Å². The molecule has 0 saturated carbocycles. The molecule has 0 bridgehead atoms. The lowest BCUT2D eigenvalue weighted by atomic mass is 9.72. The Morgan fingerprint density at radius 3 is 2.10 bits per heavy atom. The van der Waals surface area contributed by atoms with Crippen LogP contribution in [-0.2, 0) is 10.1 Å².